The van der Waals surface area contributed by atoms with Gasteiger partial charge in [-0.25, -0.2) is 9.59 Å². The lowest BCUT2D eigenvalue weighted by Crippen LogP contribution is -2.48. The summed E-state index contributed by atoms with van der Waals surface area (Å²) in [6, 6.07) is 16.0. The van der Waals surface area contributed by atoms with Gasteiger partial charge in [0.25, 0.3) is 0 Å². The number of amides is 2. The van der Waals surface area contributed by atoms with Gasteiger partial charge in [-0.15, -0.1) is 0 Å². The molecule has 1 aliphatic heterocycles. The van der Waals surface area contributed by atoms with E-state index in [0.717, 1.165) is 5.56 Å². The second kappa shape index (κ2) is 6.93. The molecule has 0 saturated heterocycles. The van der Waals surface area contributed by atoms with Crippen LogP contribution in [0.4, 0.5) is 16.2 Å². The zero-order chi connectivity index (χ0) is 20.8. The number of benzene rings is 2. The molecule has 1 atom stereocenters. The Hall–Kier alpha value is -3.32. The number of nitrogens with zero attached hydrogens (tertiary/aromatic N) is 2. The number of aryl methyl sites for hydroxylation is 1. The van der Waals surface area contributed by atoms with Crippen LogP contribution in [0.5, 0.6) is 0 Å². The first-order valence-electron chi connectivity index (χ1n) is 9.42. The molecule has 4 rings (SSSR count). The van der Waals surface area contributed by atoms with Crippen LogP contribution in [0.2, 0.25) is 0 Å². The fourth-order valence-electron chi connectivity index (χ4n) is 3.49. The van der Waals surface area contributed by atoms with Crippen molar-refractivity contribution in [3.8, 4) is 0 Å². The topological polar surface area (TPSA) is 76.7 Å². The molecule has 0 aliphatic carbocycles. The second-order valence-electron chi connectivity index (χ2n) is 7.90. The van der Waals surface area contributed by atoms with Crippen LogP contribution >= 0.6 is 0 Å². The number of para-hydroxylation sites is 2. The summed E-state index contributed by atoms with van der Waals surface area (Å²) in [6.07, 6.45) is -0.543. The number of anilines is 2. The number of fused-ring (bicyclic) bond motifs is 2. The van der Waals surface area contributed by atoms with Crippen molar-refractivity contribution >= 4 is 17.4 Å². The van der Waals surface area contributed by atoms with Gasteiger partial charge in [-0.2, -0.15) is 9.69 Å². The van der Waals surface area contributed by atoms with Crippen molar-refractivity contribution < 1.29 is 13.9 Å². The van der Waals surface area contributed by atoms with Crippen molar-refractivity contribution in [2.24, 2.45) is 0 Å². The number of ether oxygens (including phenoxy) is 1. The predicted octanol–water partition coefficient (Wildman–Crippen LogP) is 4.47. The van der Waals surface area contributed by atoms with Crippen molar-refractivity contribution in [3.63, 3.8) is 0 Å². The van der Waals surface area contributed by atoms with E-state index in [1.807, 2.05) is 57.2 Å². The summed E-state index contributed by atoms with van der Waals surface area (Å²) in [4.78, 5) is 25.9. The number of carbonyl (C=O) groups is 1. The Morgan fingerprint density at radius 1 is 1.07 bits per heavy atom. The van der Waals surface area contributed by atoms with E-state index in [-0.39, 0.29) is 0 Å². The van der Waals surface area contributed by atoms with Crippen molar-refractivity contribution in [1.29, 1.82) is 0 Å². The molecule has 1 unspecified atom stereocenters. The molecule has 1 aromatic heterocycles. The SMILES string of the molecule is Cc1oc(=O)n2c1C(OC(C)(C)C)c1ccccc1N2C(=O)Nc1ccccc1. The van der Waals surface area contributed by atoms with Crippen LogP contribution in [0.1, 0.15) is 43.9 Å². The van der Waals surface area contributed by atoms with E-state index >= 15 is 0 Å². The fraction of sp³-hybridized carbons (Fsp3) is 0.273. The quantitative estimate of drug-likeness (QED) is 0.697. The van der Waals surface area contributed by atoms with Gasteiger partial charge in [0.05, 0.1) is 11.3 Å². The third kappa shape index (κ3) is 3.45. The van der Waals surface area contributed by atoms with Gasteiger partial charge in [-0.05, 0) is 45.9 Å². The first-order chi connectivity index (χ1) is 13.8. The highest BCUT2D eigenvalue weighted by atomic mass is 16.5. The zero-order valence-electron chi connectivity index (χ0n) is 16.8. The Morgan fingerprint density at radius 3 is 2.41 bits per heavy atom. The Bertz CT molecular complexity index is 1110. The maximum Gasteiger partial charge on any atom is 0.439 e. The summed E-state index contributed by atoms with van der Waals surface area (Å²) in [5.74, 6) is -0.228. The molecule has 150 valence electrons. The lowest BCUT2D eigenvalue weighted by Gasteiger charge is -2.37. The standard InChI is InChI=1S/C22H23N3O4/c1-14-18-19(29-22(2,3)4)16-12-8-9-13-17(16)24(25(18)21(27)28-14)20(26)23-15-10-6-5-7-11-15/h5-13,19H,1-4H3,(H,23,26). The summed E-state index contributed by atoms with van der Waals surface area (Å²) in [5.41, 5.74) is 2.00. The molecule has 0 spiro atoms. The van der Waals surface area contributed by atoms with Crippen LogP contribution in [0.15, 0.2) is 63.8 Å². The average Bonchev–Trinajstić information content (AvgIpc) is 2.95. The van der Waals surface area contributed by atoms with Crippen molar-refractivity contribution in [2.45, 2.75) is 39.4 Å². The Morgan fingerprint density at radius 2 is 1.72 bits per heavy atom. The highest BCUT2D eigenvalue weighted by Crippen LogP contribution is 2.41. The summed E-state index contributed by atoms with van der Waals surface area (Å²) in [7, 11) is 0. The van der Waals surface area contributed by atoms with Crippen LogP contribution in [0.3, 0.4) is 0 Å². The van der Waals surface area contributed by atoms with Crippen molar-refractivity contribution in [3.05, 3.63) is 82.2 Å². The highest BCUT2D eigenvalue weighted by Gasteiger charge is 2.40. The molecule has 1 N–H and O–H groups in total. The number of aromatic nitrogens is 1. The molecule has 2 aromatic carbocycles. The molecule has 2 heterocycles. The number of nitrogens with one attached hydrogen (secondary N) is 1. The van der Waals surface area contributed by atoms with Gasteiger partial charge in [-0.1, -0.05) is 36.4 Å². The lowest BCUT2D eigenvalue weighted by atomic mass is 9.99. The minimum atomic E-state index is -0.641. The molecular formula is C22H23N3O4. The number of rotatable bonds is 2. The van der Waals surface area contributed by atoms with E-state index < -0.39 is 23.5 Å². The number of oxazole rings is 1. The number of urea groups is 1. The molecule has 7 heteroatoms. The van der Waals surface area contributed by atoms with Crippen LogP contribution < -0.4 is 16.1 Å². The Balaban J connectivity index is 1.87. The average molecular weight is 393 g/mol. The minimum Gasteiger partial charge on any atom is -0.411 e. The molecule has 7 nitrogen and oxygen atoms in total. The molecule has 0 fully saturated rings. The monoisotopic (exact) mass is 393 g/mol. The van der Waals surface area contributed by atoms with E-state index in [1.54, 1.807) is 25.1 Å². The second-order valence-corrected chi connectivity index (χ2v) is 7.90. The molecule has 1 aliphatic rings. The van der Waals surface area contributed by atoms with E-state index in [0.29, 0.717) is 22.8 Å². The minimum absolute atomic E-state index is 0.413. The first kappa shape index (κ1) is 19.0. The van der Waals surface area contributed by atoms with Gasteiger partial charge in [0, 0.05) is 11.3 Å². The van der Waals surface area contributed by atoms with Crippen LogP contribution in [-0.2, 0) is 4.74 Å². The molecule has 0 bridgehead atoms. The van der Waals surface area contributed by atoms with E-state index in [2.05, 4.69) is 5.32 Å². The predicted molar refractivity (Wildman–Crippen MR) is 110 cm³/mol. The molecule has 3 aromatic rings. The first-order valence-corrected chi connectivity index (χ1v) is 9.42. The van der Waals surface area contributed by atoms with Crippen molar-refractivity contribution in [1.82, 2.24) is 4.68 Å². The smallest absolute Gasteiger partial charge is 0.411 e. The summed E-state index contributed by atoms with van der Waals surface area (Å²) in [5, 5.41) is 4.14. The Kier molecular flexibility index (Phi) is 4.55. The van der Waals surface area contributed by atoms with Gasteiger partial charge >= 0.3 is 11.8 Å². The normalized spacial score (nSPS) is 15.6. The maximum atomic E-state index is 13.2. The van der Waals surface area contributed by atoms with Crippen LogP contribution in [0, 0.1) is 6.92 Å². The van der Waals surface area contributed by atoms with E-state index in [1.165, 1.54) is 9.69 Å². The van der Waals surface area contributed by atoms with Gasteiger partial charge in [0.1, 0.15) is 17.6 Å². The third-order valence-corrected chi connectivity index (χ3v) is 4.59. The molecule has 0 radical (unpaired) electrons. The number of hydrogen-bond donors (Lipinski definition) is 1. The lowest BCUT2D eigenvalue weighted by molar-refractivity contribution is -0.0473. The molecule has 29 heavy (non-hydrogen) atoms. The maximum absolute atomic E-state index is 13.2. The fourth-order valence-corrected chi connectivity index (χ4v) is 3.49. The largest absolute Gasteiger partial charge is 0.439 e. The van der Waals surface area contributed by atoms with E-state index in [4.69, 9.17) is 9.15 Å². The van der Waals surface area contributed by atoms with Gasteiger partial charge in [0.15, 0.2) is 0 Å². The molecule has 0 saturated carbocycles. The van der Waals surface area contributed by atoms with Crippen LogP contribution in [-0.4, -0.2) is 16.3 Å². The Labute approximate surface area is 168 Å². The summed E-state index contributed by atoms with van der Waals surface area (Å²) < 4.78 is 12.9. The number of hydrogen-bond acceptors (Lipinski definition) is 4. The molecule has 2 amide bonds. The van der Waals surface area contributed by atoms with Crippen LogP contribution in [0.25, 0.3) is 0 Å². The third-order valence-electron chi connectivity index (χ3n) is 4.59. The zero-order valence-corrected chi connectivity index (χ0v) is 16.8. The summed E-state index contributed by atoms with van der Waals surface area (Å²) in [6.45, 7) is 7.54. The van der Waals surface area contributed by atoms with Gasteiger partial charge < -0.3 is 14.5 Å². The van der Waals surface area contributed by atoms with Crippen molar-refractivity contribution in [2.75, 3.05) is 10.3 Å². The molecular weight excluding hydrogens is 370 g/mol. The summed E-state index contributed by atoms with van der Waals surface area (Å²) >= 11 is 0. The van der Waals surface area contributed by atoms with Gasteiger partial charge in [-0.3, -0.25) is 0 Å². The number of carbonyl (C=O) groups excluding carboxylic acids is 1. The van der Waals surface area contributed by atoms with Gasteiger partial charge in [0.2, 0.25) is 0 Å². The highest BCUT2D eigenvalue weighted by molar-refractivity contribution is 6.02. The van der Waals surface area contributed by atoms with E-state index in [9.17, 15) is 9.59 Å².